The molecule has 0 saturated heterocycles. The molecule has 0 spiro atoms. The molecule has 0 atom stereocenters. The molecule has 1 aromatic rings. The first-order valence-electron chi connectivity index (χ1n) is 5.85. The number of hydrogen-bond acceptors (Lipinski definition) is 2. The summed E-state index contributed by atoms with van der Waals surface area (Å²) in [6, 6.07) is 9.51. The van der Waals surface area contributed by atoms with E-state index >= 15 is 0 Å². The highest BCUT2D eigenvalue weighted by Gasteiger charge is 2.08. The lowest BCUT2D eigenvalue weighted by atomic mass is 10.2. The molecule has 2 nitrogen and oxygen atoms in total. The Morgan fingerprint density at radius 1 is 1.22 bits per heavy atom. The summed E-state index contributed by atoms with van der Waals surface area (Å²) in [4.78, 5) is 11.1. The molecule has 0 heterocycles. The fourth-order valence-corrected chi connectivity index (χ4v) is 1.75. The number of carbonyl (C=O) groups excluding carboxylic acids is 1. The van der Waals surface area contributed by atoms with Crippen molar-refractivity contribution in [1.29, 1.82) is 0 Å². The van der Waals surface area contributed by atoms with E-state index in [9.17, 15) is 4.79 Å². The van der Waals surface area contributed by atoms with E-state index in [1.165, 1.54) is 6.92 Å². The summed E-state index contributed by atoms with van der Waals surface area (Å²) in [6.07, 6.45) is 1.68. The Balaban J connectivity index is 3.02. The van der Waals surface area contributed by atoms with Gasteiger partial charge in [0, 0.05) is 18.6 Å². The zero-order valence-corrected chi connectivity index (χ0v) is 12.3. The van der Waals surface area contributed by atoms with Crippen LogP contribution in [0.25, 0.3) is 5.76 Å². The van der Waals surface area contributed by atoms with Crippen LogP contribution < -0.4 is 0 Å². The molecule has 0 aliphatic heterocycles. The molecule has 0 unspecified atom stereocenters. The van der Waals surface area contributed by atoms with Crippen LogP contribution in [-0.2, 0) is 9.53 Å². The summed E-state index contributed by atoms with van der Waals surface area (Å²) in [5.74, 6) is 3.18. The fraction of sp³-hybridized carbons (Fsp3) is 0.267. The minimum atomic E-state index is -1.41. The average Bonchev–Trinajstić information content (AvgIpc) is 2.27. The maximum Gasteiger partial charge on any atom is 0.308 e. The zero-order valence-electron chi connectivity index (χ0n) is 11.3. The summed E-state index contributed by atoms with van der Waals surface area (Å²) in [6.45, 7) is 7.90. The molecule has 0 saturated carbocycles. The maximum absolute atomic E-state index is 11.1. The van der Waals surface area contributed by atoms with Gasteiger partial charge < -0.3 is 4.74 Å². The van der Waals surface area contributed by atoms with Crippen LogP contribution in [0.5, 0.6) is 0 Å². The quantitative estimate of drug-likeness (QED) is 0.351. The van der Waals surface area contributed by atoms with Crippen LogP contribution in [0, 0.1) is 11.5 Å². The minimum Gasteiger partial charge on any atom is -0.425 e. The van der Waals surface area contributed by atoms with Crippen LogP contribution in [0.15, 0.2) is 36.4 Å². The molecule has 0 aromatic heterocycles. The topological polar surface area (TPSA) is 26.3 Å². The van der Waals surface area contributed by atoms with Crippen LogP contribution in [0.2, 0.25) is 19.6 Å². The van der Waals surface area contributed by atoms with Gasteiger partial charge in [-0.2, -0.15) is 0 Å². The van der Waals surface area contributed by atoms with E-state index in [0.717, 1.165) is 5.56 Å². The SMILES string of the molecule is CC(=O)O/C(=C\C#C[Si](C)(C)C)c1ccccc1. The molecule has 94 valence electrons. The third kappa shape index (κ3) is 5.51. The monoisotopic (exact) mass is 258 g/mol. The molecule has 0 radical (unpaired) electrons. The van der Waals surface area contributed by atoms with Gasteiger partial charge in [-0.15, -0.1) is 5.54 Å². The fourth-order valence-electron chi connectivity index (χ4n) is 1.25. The number of hydrogen-bond donors (Lipinski definition) is 0. The van der Waals surface area contributed by atoms with Crippen LogP contribution in [0.3, 0.4) is 0 Å². The Hall–Kier alpha value is -1.79. The number of rotatable bonds is 2. The average molecular weight is 258 g/mol. The molecule has 0 fully saturated rings. The third-order valence-electron chi connectivity index (χ3n) is 1.96. The van der Waals surface area contributed by atoms with Crippen LogP contribution >= 0.6 is 0 Å². The van der Waals surface area contributed by atoms with E-state index in [0.29, 0.717) is 5.76 Å². The first-order chi connectivity index (χ1) is 8.38. The van der Waals surface area contributed by atoms with Gasteiger partial charge in [0.15, 0.2) is 0 Å². The molecule has 0 amide bonds. The van der Waals surface area contributed by atoms with Crippen molar-refractivity contribution in [2.45, 2.75) is 26.6 Å². The number of esters is 1. The van der Waals surface area contributed by atoms with Gasteiger partial charge in [-0.3, -0.25) is 4.79 Å². The van der Waals surface area contributed by atoms with Crippen molar-refractivity contribution >= 4 is 19.8 Å². The summed E-state index contributed by atoms with van der Waals surface area (Å²) in [5.41, 5.74) is 4.08. The molecule has 3 heteroatoms. The van der Waals surface area contributed by atoms with Crippen molar-refractivity contribution in [3.05, 3.63) is 42.0 Å². The summed E-state index contributed by atoms with van der Waals surface area (Å²) >= 11 is 0. The lowest BCUT2D eigenvalue weighted by molar-refractivity contribution is -0.134. The van der Waals surface area contributed by atoms with Crippen molar-refractivity contribution in [3.8, 4) is 11.5 Å². The highest BCUT2D eigenvalue weighted by Crippen LogP contribution is 2.15. The number of ether oxygens (including phenoxy) is 1. The number of allylic oxidation sites excluding steroid dienone is 1. The largest absolute Gasteiger partial charge is 0.425 e. The number of carbonyl (C=O) groups is 1. The number of benzene rings is 1. The molecule has 0 N–H and O–H groups in total. The smallest absolute Gasteiger partial charge is 0.308 e. The van der Waals surface area contributed by atoms with Crippen molar-refractivity contribution in [2.75, 3.05) is 0 Å². The molecule has 1 rings (SSSR count). The highest BCUT2D eigenvalue weighted by molar-refractivity contribution is 6.83. The molecular formula is C15H18O2Si. The van der Waals surface area contributed by atoms with Gasteiger partial charge in [0.1, 0.15) is 13.8 Å². The molecule has 0 aliphatic carbocycles. The first-order valence-corrected chi connectivity index (χ1v) is 9.35. The highest BCUT2D eigenvalue weighted by atomic mass is 28.3. The Bertz CT molecular complexity index is 499. The normalized spacial score (nSPS) is 11.4. The predicted molar refractivity (Wildman–Crippen MR) is 77.3 cm³/mol. The second-order valence-corrected chi connectivity index (χ2v) is 9.74. The maximum atomic E-state index is 11.1. The first kappa shape index (κ1) is 14.3. The second kappa shape index (κ2) is 6.22. The van der Waals surface area contributed by atoms with Gasteiger partial charge in [-0.1, -0.05) is 55.9 Å². The Kier molecular flexibility index (Phi) is 4.93. The van der Waals surface area contributed by atoms with Gasteiger partial charge >= 0.3 is 5.97 Å². The van der Waals surface area contributed by atoms with E-state index in [-0.39, 0.29) is 5.97 Å². The van der Waals surface area contributed by atoms with Crippen LogP contribution in [0.1, 0.15) is 12.5 Å². The van der Waals surface area contributed by atoms with Crippen molar-refractivity contribution in [1.82, 2.24) is 0 Å². The van der Waals surface area contributed by atoms with E-state index in [1.54, 1.807) is 6.08 Å². The van der Waals surface area contributed by atoms with E-state index < -0.39 is 8.07 Å². The van der Waals surface area contributed by atoms with Crippen LogP contribution in [-0.4, -0.2) is 14.0 Å². The Labute approximate surface area is 110 Å². The zero-order chi connectivity index (χ0) is 13.6. The third-order valence-corrected chi connectivity index (χ3v) is 2.86. The van der Waals surface area contributed by atoms with Gasteiger partial charge in [-0.25, -0.2) is 0 Å². The molecular weight excluding hydrogens is 240 g/mol. The molecule has 0 aliphatic rings. The van der Waals surface area contributed by atoms with Gasteiger partial charge in [0.05, 0.1) is 0 Å². The van der Waals surface area contributed by atoms with Gasteiger partial charge in [-0.05, 0) is 0 Å². The van der Waals surface area contributed by atoms with E-state index in [2.05, 4.69) is 31.1 Å². The van der Waals surface area contributed by atoms with Gasteiger partial charge in [0.25, 0.3) is 0 Å². The minimum absolute atomic E-state index is 0.333. The van der Waals surface area contributed by atoms with E-state index in [4.69, 9.17) is 4.74 Å². The lowest BCUT2D eigenvalue weighted by Gasteiger charge is -2.06. The summed E-state index contributed by atoms with van der Waals surface area (Å²) in [7, 11) is -1.41. The van der Waals surface area contributed by atoms with Crippen molar-refractivity contribution < 1.29 is 9.53 Å². The summed E-state index contributed by atoms with van der Waals surface area (Å²) < 4.78 is 5.19. The second-order valence-electron chi connectivity index (χ2n) is 4.99. The Morgan fingerprint density at radius 2 is 1.83 bits per heavy atom. The molecule has 18 heavy (non-hydrogen) atoms. The molecule has 0 bridgehead atoms. The lowest BCUT2D eigenvalue weighted by Crippen LogP contribution is -2.16. The predicted octanol–water partition coefficient (Wildman–Crippen LogP) is 3.47. The van der Waals surface area contributed by atoms with Crippen molar-refractivity contribution in [3.63, 3.8) is 0 Å². The summed E-state index contributed by atoms with van der Waals surface area (Å²) in [5, 5.41) is 0. The standard InChI is InChI=1S/C15H18O2Si/c1-13(16)17-15(11-8-12-18(2,3)4)14-9-6-5-7-10-14/h5-7,9-11H,1-4H3/b15-11-. The molecule has 1 aromatic carbocycles. The van der Waals surface area contributed by atoms with Crippen molar-refractivity contribution in [2.24, 2.45) is 0 Å². The van der Waals surface area contributed by atoms with Crippen LogP contribution in [0.4, 0.5) is 0 Å². The van der Waals surface area contributed by atoms with Gasteiger partial charge in [0.2, 0.25) is 0 Å². The van der Waals surface area contributed by atoms with E-state index in [1.807, 2.05) is 30.3 Å². The Morgan fingerprint density at radius 3 is 2.33 bits per heavy atom.